The van der Waals surface area contributed by atoms with Crippen molar-refractivity contribution in [2.75, 3.05) is 31.6 Å². The molecule has 0 fully saturated rings. The van der Waals surface area contributed by atoms with Crippen LogP contribution in [0.5, 0.6) is 5.75 Å². The number of aromatic nitrogens is 2. The lowest BCUT2D eigenvalue weighted by molar-refractivity contribution is 0.0953. The van der Waals surface area contributed by atoms with E-state index in [1.165, 1.54) is 17.7 Å². The van der Waals surface area contributed by atoms with Crippen molar-refractivity contribution in [3.05, 3.63) is 72.1 Å². The number of carbonyl (C=O) groups is 1. The maximum atomic E-state index is 12.5. The highest BCUT2D eigenvalue weighted by Gasteiger charge is 2.16. The molecule has 1 aromatic heterocycles. The maximum Gasteiger partial charge on any atom is 0.254 e. The summed E-state index contributed by atoms with van der Waals surface area (Å²) in [7, 11) is 1.62. The van der Waals surface area contributed by atoms with Crippen LogP contribution in [0.4, 0.5) is 5.69 Å². The topological polar surface area (TPSA) is 59.4 Å². The van der Waals surface area contributed by atoms with Crippen LogP contribution in [0.15, 0.2) is 60.9 Å². The van der Waals surface area contributed by atoms with E-state index < -0.39 is 0 Å². The number of hydrogen-bond acceptors (Lipinski definition) is 4. The molecule has 3 aromatic rings. The zero-order valence-corrected chi connectivity index (χ0v) is 16.7. The first-order valence-corrected chi connectivity index (χ1v) is 10.1. The Balaban J connectivity index is 1.31. The summed E-state index contributed by atoms with van der Waals surface area (Å²) >= 11 is 0. The SMILES string of the molecule is COc1ccccc1-n1cc(C(=O)NCCCN2CCCc3ccccc32)cn1. The average molecular weight is 390 g/mol. The second kappa shape index (κ2) is 8.82. The minimum atomic E-state index is -0.106. The van der Waals surface area contributed by atoms with Gasteiger partial charge in [0, 0.05) is 31.5 Å². The van der Waals surface area contributed by atoms with Crippen molar-refractivity contribution in [1.82, 2.24) is 15.1 Å². The first-order valence-electron chi connectivity index (χ1n) is 10.1. The number of amides is 1. The summed E-state index contributed by atoms with van der Waals surface area (Å²) < 4.78 is 7.03. The maximum absolute atomic E-state index is 12.5. The Bertz CT molecular complexity index is 982. The Morgan fingerprint density at radius 2 is 1.93 bits per heavy atom. The van der Waals surface area contributed by atoms with Crippen molar-refractivity contribution in [3.63, 3.8) is 0 Å². The zero-order valence-electron chi connectivity index (χ0n) is 16.7. The molecular formula is C23H26N4O2. The van der Waals surface area contributed by atoms with E-state index in [1.54, 1.807) is 24.2 Å². The number of nitrogens with one attached hydrogen (secondary N) is 1. The standard InChI is InChI=1S/C23H26N4O2/c1-29-22-12-5-4-11-21(22)27-17-19(16-25-27)23(28)24-13-7-15-26-14-6-9-18-8-2-3-10-20(18)26/h2-5,8,10-12,16-17H,6-7,9,13-15H2,1H3,(H,24,28). The van der Waals surface area contributed by atoms with Gasteiger partial charge >= 0.3 is 0 Å². The molecule has 0 spiro atoms. The number of fused-ring (bicyclic) bond motifs is 1. The average Bonchev–Trinajstić information content (AvgIpc) is 3.27. The highest BCUT2D eigenvalue weighted by atomic mass is 16.5. The second-order valence-electron chi connectivity index (χ2n) is 7.17. The summed E-state index contributed by atoms with van der Waals surface area (Å²) in [5.74, 6) is 0.606. The number of carbonyl (C=O) groups excluding carboxylic acids is 1. The highest BCUT2D eigenvalue weighted by Crippen LogP contribution is 2.26. The van der Waals surface area contributed by atoms with Gasteiger partial charge in [-0.2, -0.15) is 5.10 Å². The summed E-state index contributed by atoms with van der Waals surface area (Å²) in [6, 6.07) is 16.2. The quantitative estimate of drug-likeness (QED) is 0.628. The Morgan fingerprint density at radius 1 is 1.14 bits per heavy atom. The van der Waals surface area contributed by atoms with E-state index in [0.717, 1.165) is 31.6 Å². The fraction of sp³-hybridized carbons (Fsp3) is 0.304. The second-order valence-corrected chi connectivity index (χ2v) is 7.17. The van der Waals surface area contributed by atoms with Gasteiger partial charge in [0.05, 0.1) is 18.9 Å². The molecule has 0 radical (unpaired) electrons. The summed E-state index contributed by atoms with van der Waals surface area (Å²) in [4.78, 5) is 14.9. The monoisotopic (exact) mass is 390 g/mol. The minimum Gasteiger partial charge on any atom is -0.494 e. The van der Waals surface area contributed by atoms with Crippen molar-refractivity contribution in [2.45, 2.75) is 19.3 Å². The Hall–Kier alpha value is -3.28. The van der Waals surface area contributed by atoms with Gasteiger partial charge in [0.25, 0.3) is 5.91 Å². The van der Waals surface area contributed by atoms with Crippen LogP contribution in [0.1, 0.15) is 28.8 Å². The minimum absolute atomic E-state index is 0.106. The lowest BCUT2D eigenvalue weighted by Gasteiger charge is -2.31. The fourth-order valence-corrected chi connectivity index (χ4v) is 3.81. The molecule has 2 heterocycles. The smallest absolute Gasteiger partial charge is 0.254 e. The predicted octanol–water partition coefficient (Wildman–Crippen LogP) is 3.45. The van der Waals surface area contributed by atoms with Gasteiger partial charge in [-0.15, -0.1) is 0 Å². The number of rotatable bonds is 7. The van der Waals surface area contributed by atoms with E-state index in [0.29, 0.717) is 17.9 Å². The third-order valence-electron chi connectivity index (χ3n) is 5.27. The van der Waals surface area contributed by atoms with E-state index in [1.807, 2.05) is 24.3 Å². The Morgan fingerprint density at radius 3 is 2.79 bits per heavy atom. The molecule has 0 atom stereocenters. The number of methoxy groups -OCH3 is 1. The molecule has 1 N–H and O–H groups in total. The Labute approximate surface area is 171 Å². The molecule has 0 saturated heterocycles. The molecule has 0 aliphatic carbocycles. The van der Waals surface area contributed by atoms with Crippen LogP contribution in [-0.2, 0) is 6.42 Å². The van der Waals surface area contributed by atoms with Gasteiger partial charge in [-0.3, -0.25) is 4.79 Å². The van der Waals surface area contributed by atoms with Crippen LogP contribution in [0.3, 0.4) is 0 Å². The molecule has 1 amide bonds. The Kier molecular flexibility index (Phi) is 5.79. The van der Waals surface area contributed by atoms with Crippen molar-refractivity contribution in [1.29, 1.82) is 0 Å². The number of para-hydroxylation sites is 3. The molecule has 1 aliphatic heterocycles. The highest BCUT2D eigenvalue weighted by molar-refractivity contribution is 5.93. The fourth-order valence-electron chi connectivity index (χ4n) is 3.81. The normalized spacial score (nSPS) is 13.1. The van der Waals surface area contributed by atoms with Gasteiger partial charge in [-0.1, -0.05) is 30.3 Å². The van der Waals surface area contributed by atoms with Gasteiger partial charge in [-0.25, -0.2) is 4.68 Å². The molecule has 6 heteroatoms. The lowest BCUT2D eigenvalue weighted by atomic mass is 10.0. The van der Waals surface area contributed by atoms with E-state index in [4.69, 9.17) is 4.74 Å². The van der Waals surface area contributed by atoms with Crippen molar-refractivity contribution >= 4 is 11.6 Å². The van der Waals surface area contributed by atoms with Gasteiger partial charge in [0.2, 0.25) is 0 Å². The number of benzene rings is 2. The van der Waals surface area contributed by atoms with Crippen LogP contribution in [0, 0.1) is 0 Å². The van der Waals surface area contributed by atoms with E-state index >= 15 is 0 Å². The van der Waals surface area contributed by atoms with Crippen molar-refractivity contribution < 1.29 is 9.53 Å². The first kappa shape index (κ1) is 19.1. The van der Waals surface area contributed by atoms with Gasteiger partial charge in [-0.05, 0) is 43.0 Å². The largest absolute Gasteiger partial charge is 0.494 e. The van der Waals surface area contributed by atoms with Crippen molar-refractivity contribution in [3.8, 4) is 11.4 Å². The van der Waals surface area contributed by atoms with E-state index in [9.17, 15) is 4.79 Å². The third-order valence-corrected chi connectivity index (χ3v) is 5.27. The lowest BCUT2D eigenvalue weighted by Crippen LogP contribution is -2.33. The van der Waals surface area contributed by atoms with Crippen LogP contribution in [-0.4, -0.2) is 42.4 Å². The van der Waals surface area contributed by atoms with E-state index in [2.05, 4.69) is 39.6 Å². The van der Waals surface area contributed by atoms with Crippen LogP contribution in [0.2, 0.25) is 0 Å². The predicted molar refractivity (Wildman–Crippen MR) is 114 cm³/mol. The molecule has 0 bridgehead atoms. The van der Waals surface area contributed by atoms with Crippen LogP contribution < -0.4 is 15.0 Å². The molecule has 0 saturated carbocycles. The van der Waals surface area contributed by atoms with Gasteiger partial charge in [0.15, 0.2) is 0 Å². The third kappa shape index (κ3) is 4.26. The summed E-state index contributed by atoms with van der Waals surface area (Å²) in [5.41, 5.74) is 4.10. The molecule has 2 aromatic carbocycles. The molecule has 6 nitrogen and oxygen atoms in total. The molecule has 0 unspecified atom stereocenters. The van der Waals surface area contributed by atoms with Crippen LogP contribution in [0.25, 0.3) is 5.69 Å². The number of aryl methyl sites for hydroxylation is 1. The van der Waals surface area contributed by atoms with E-state index in [-0.39, 0.29) is 5.91 Å². The van der Waals surface area contributed by atoms with Crippen molar-refractivity contribution in [2.24, 2.45) is 0 Å². The number of ether oxygens (including phenoxy) is 1. The summed E-state index contributed by atoms with van der Waals surface area (Å²) in [6.45, 7) is 2.66. The van der Waals surface area contributed by atoms with Gasteiger partial charge in [0.1, 0.15) is 11.4 Å². The summed E-state index contributed by atoms with van der Waals surface area (Å²) in [6.07, 6.45) is 6.56. The number of hydrogen-bond donors (Lipinski definition) is 1. The summed E-state index contributed by atoms with van der Waals surface area (Å²) in [5, 5.41) is 7.32. The number of nitrogens with zero attached hydrogens (tertiary/aromatic N) is 3. The first-order chi connectivity index (χ1) is 14.3. The molecule has 150 valence electrons. The van der Waals surface area contributed by atoms with Crippen LogP contribution >= 0.6 is 0 Å². The van der Waals surface area contributed by atoms with Gasteiger partial charge < -0.3 is 15.0 Å². The molecular weight excluding hydrogens is 364 g/mol. The molecule has 4 rings (SSSR count). The zero-order chi connectivity index (χ0) is 20.1. The number of anilines is 1. The molecule has 29 heavy (non-hydrogen) atoms. The molecule has 1 aliphatic rings.